The Morgan fingerprint density at radius 3 is 2.77 bits per heavy atom. The molecule has 1 aliphatic rings. The summed E-state index contributed by atoms with van der Waals surface area (Å²) in [6, 6.07) is 5.30. The van der Waals surface area contributed by atoms with E-state index in [2.05, 4.69) is 22.5 Å². The number of rotatable bonds is 3. The van der Waals surface area contributed by atoms with Crippen LogP contribution in [0.15, 0.2) is 18.2 Å². The van der Waals surface area contributed by atoms with Gasteiger partial charge in [-0.05, 0) is 50.8 Å². The number of amides is 3. The van der Waals surface area contributed by atoms with Crippen LogP contribution in [0, 0.1) is 19.8 Å². The smallest absolute Gasteiger partial charge is 0.307 e. The molecule has 1 aromatic rings. The molecule has 1 heterocycles. The van der Waals surface area contributed by atoms with Crippen molar-refractivity contribution in [1.29, 1.82) is 0 Å². The molecule has 0 aromatic heterocycles. The normalized spacial score (nSPS) is 18.8. The third kappa shape index (κ3) is 4.84. The van der Waals surface area contributed by atoms with Gasteiger partial charge in [0.25, 0.3) is 0 Å². The molecule has 2 N–H and O–H groups in total. The number of hydrogen-bond acceptors (Lipinski definition) is 3. The van der Waals surface area contributed by atoms with Crippen LogP contribution in [0.5, 0.6) is 0 Å². The molecule has 1 saturated heterocycles. The van der Waals surface area contributed by atoms with Gasteiger partial charge in [0.1, 0.15) is 0 Å². The van der Waals surface area contributed by atoms with Crippen LogP contribution in [0.1, 0.15) is 30.9 Å². The average molecular weight is 303 g/mol. The zero-order valence-corrected chi connectivity index (χ0v) is 13.6. The molecule has 0 bridgehead atoms. The summed E-state index contributed by atoms with van der Waals surface area (Å²) in [6.07, 6.45) is 2.33. The molecule has 5 nitrogen and oxygen atoms in total. The van der Waals surface area contributed by atoms with E-state index in [1.54, 1.807) is 0 Å². The number of carbonyl (C=O) groups is 2. The fourth-order valence-electron chi connectivity index (χ4n) is 2.91. The number of nitrogens with zero attached hydrogens (tertiary/aromatic N) is 1. The summed E-state index contributed by atoms with van der Waals surface area (Å²) >= 11 is 0. The second-order valence-corrected chi connectivity index (χ2v) is 6.30. The Labute approximate surface area is 132 Å². The molecule has 0 unspecified atom stereocenters. The van der Waals surface area contributed by atoms with Gasteiger partial charge in [0, 0.05) is 12.2 Å². The molecule has 5 heteroatoms. The molecule has 3 amide bonds. The lowest BCUT2D eigenvalue weighted by molar-refractivity contribution is -0.121. The molecule has 0 saturated carbocycles. The van der Waals surface area contributed by atoms with E-state index >= 15 is 0 Å². The lowest BCUT2D eigenvalue weighted by Gasteiger charge is -2.29. The molecule has 1 fully saturated rings. The number of benzene rings is 1. The van der Waals surface area contributed by atoms with Crippen LogP contribution in [0.3, 0.4) is 0 Å². The highest BCUT2D eigenvalue weighted by Gasteiger charge is 2.19. The molecule has 0 spiro atoms. The van der Waals surface area contributed by atoms with Crippen LogP contribution in [0.25, 0.3) is 0 Å². The number of urea groups is 1. The van der Waals surface area contributed by atoms with E-state index in [0.717, 1.165) is 36.3 Å². The number of hydrogen-bond donors (Lipinski definition) is 2. The summed E-state index contributed by atoms with van der Waals surface area (Å²) in [5.74, 6) is 0.363. The molecule has 0 radical (unpaired) electrons. The minimum absolute atomic E-state index is 0.253. The summed E-state index contributed by atoms with van der Waals surface area (Å²) in [5.41, 5.74) is 2.84. The fourth-order valence-corrected chi connectivity index (χ4v) is 2.91. The molecular weight excluding hydrogens is 278 g/mol. The SMILES string of the molecule is Cc1ccc(NC(=O)NC(=O)CN2CCC[C@@H](C)C2)c(C)c1. The number of imide groups is 1. The largest absolute Gasteiger partial charge is 0.325 e. The topological polar surface area (TPSA) is 61.4 Å². The van der Waals surface area contributed by atoms with Crippen LogP contribution in [0.4, 0.5) is 10.5 Å². The molecule has 0 aliphatic carbocycles. The van der Waals surface area contributed by atoms with Crippen LogP contribution in [0.2, 0.25) is 0 Å². The molecular formula is C17H25N3O2. The first-order chi connectivity index (χ1) is 10.4. The first-order valence-corrected chi connectivity index (χ1v) is 7.84. The van der Waals surface area contributed by atoms with Gasteiger partial charge in [-0.15, -0.1) is 0 Å². The molecule has 1 aliphatic heterocycles. The predicted molar refractivity (Wildman–Crippen MR) is 87.9 cm³/mol. The van der Waals surface area contributed by atoms with Gasteiger partial charge < -0.3 is 5.32 Å². The van der Waals surface area contributed by atoms with Crippen molar-refractivity contribution in [3.63, 3.8) is 0 Å². The van der Waals surface area contributed by atoms with Crippen molar-refractivity contribution in [3.8, 4) is 0 Å². The Bertz CT molecular complexity index is 557. The lowest BCUT2D eigenvalue weighted by Crippen LogP contribution is -2.44. The zero-order chi connectivity index (χ0) is 16.1. The first-order valence-electron chi connectivity index (χ1n) is 7.84. The fraction of sp³-hybridized carbons (Fsp3) is 0.529. The zero-order valence-electron chi connectivity index (χ0n) is 13.6. The Morgan fingerprint density at radius 1 is 1.32 bits per heavy atom. The molecule has 1 aromatic carbocycles. The quantitative estimate of drug-likeness (QED) is 0.902. The van der Waals surface area contributed by atoms with E-state index < -0.39 is 6.03 Å². The number of nitrogens with one attached hydrogen (secondary N) is 2. The third-order valence-electron chi connectivity index (χ3n) is 3.99. The van der Waals surface area contributed by atoms with Gasteiger partial charge in [0.15, 0.2) is 0 Å². The Balaban J connectivity index is 1.82. The summed E-state index contributed by atoms with van der Waals surface area (Å²) in [6.45, 7) is 8.25. The highest BCUT2D eigenvalue weighted by atomic mass is 16.2. The van der Waals surface area contributed by atoms with Crippen molar-refractivity contribution < 1.29 is 9.59 Å². The van der Waals surface area contributed by atoms with Crippen molar-refractivity contribution in [1.82, 2.24) is 10.2 Å². The van der Waals surface area contributed by atoms with E-state index in [1.165, 1.54) is 6.42 Å². The molecule has 1 atom stereocenters. The Kier molecular flexibility index (Phi) is 5.55. The van der Waals surface area contributed by atoms with Crippen molar-refractivity contribution >= 4 is 17.6 Å². The van der Waals surface area contributed by atoms with Gasteiger partial charge in [-0.3, -0.25) is 15.0 Å². The maximum Gasteiger partial charge on any atom is 0.325 e. The van der Waals surface area contributed by atoms with E-state index in [4.69, 9.17) is 0 Å². The van der Waals surface area contributed by atoms with Gasteiger partial charge >= 0.3 is 6.03 Å². The van der Waals surface area contributed by atoms with Crippen molar-refractivity contribution in [2.75, 3.05) is 25.0 Å². The number of anilines is 1. The van der Waals surface area contributed by atoms with Crippen molar-refractivity contribution in [3.05, 3.63) is 29.3 Å². The van der Waals surface area contributed by atoms with E-state index in [-0.39, 0.29) is 12.5 Å². The Morgan fingerprint density at radius 2 is 2.09 bits per heavy atom. The van der Waals surface area contributed by atoms with Crippen molar-refractivity contribution in [2.45, 2.75) is 33.6 Å². The van der Waals surface area contributed by atoms with Gasteiger partial charge in [-0.25, -0.2) is 4.79 Å². The minimum Gasteiger partial charge on any atom is -0.307 e. The molecule has 2 rings (SSSR count). The van der Waals surface area contributed by atoms with Crippen LogP contribution >= 0.6 is 0 Å². The van der Waals surface area contributed by atoms with Gasteiger partial charge in [-0.2, -0.15) is 0 Å². The number of piperidine rings is 1. The number of aryl methyl sites for hydroxylation is 2. The maximum atomic E-state index is 11.9. The summed E-state index contributed by atoms with van der Waals surface area (Å²) < 4.78 is 0. The lowest BCUT2D eigenvalue weighted by atomic mass is 10.0. The van der Waals surface area contributed by atoms with Gasteiger partial charge in [-0.1, -0.05) is 24.6 Å². The summed E-state index contributed by atoms with van der Waals surface area (Å²) in [4.78, 5) is 26.0. The van der Waals surface area contributed by atoms with Gasteiger partial charge in [0.2, 0.25) is 5.91 Å². The van der Waals surface area contributed by atoms with E-state index in [9.17, 15) is 9.59 Å². The first kappa shape index (κ1) is 16.5. The minimum atomic E-state index is -0.470. The monoisotopic (exact) mass is 303 g/mol. The third-order valence-corrected chi connectivity index (χ3v) is 3.99. The number of carbonyl (C=O) groups excluding carboxylic acids is 2. The second kappa shape index (κ2) is 7.40. The molecule has 120 valence electrons. The predicted octanol–water partition coefficient (Wildman–Crippen LogP) is 2.68. The Hall–Kier alpha value is -1.88. The number of likely N-dealkylation sites (tertiary alicyclic amines) is 1. The average Bonchev–Trinajstić information content (AvgIpc) is 2.41. The highest BCUT2D eigenvalue weighted by Crippen LogP contribution is 2.16. The van der Waals surface area contributed by atoms with E-state index in [0.29, 0.717) is 5.92 Å². The summed E-state index contributed by atoms with van der Waals surface area (Å²) in [7, 11) is 0. The van der Waals surface area contributed by atoms with Crippen molar-refractivity contribution in [2.24, 2.45) is 5.92 Å². The van der Waals surface area contributed by atoms with Crippen LogP contribution in [-0.4, -0.2) is 36.5 Å². The molecule has 22 heavy (non-hydrogen) atoms. The highest BCUT2D eigenvalue weighted by molar-refractivity contribution is 6.02. The maximum absolute atomic E-state index is 11.9. The summed E-state index contributed by atoms with van der Waals surface area (Å²) in [5, 5.41) is 5.13. The van der Waals surface area contributed by atoms with Crippen LogP contribution in [-0.2, 0) is 4.79 Å². The van der Waals surface area contributed by atoms with E-state index in [1.807, 2.05) is 32.0 Å². The van der Waals surface area contributed by atoms with Crippen LogP contribution < -0.4 is 10.6 Å². The second-order valence-electron chi connectivity index (χ2n) is 6.30. The van der Waals surface area contributed by atoms with Gasteiger partial charge in [0.05, 0.1) is 6.54 Å². The standard InChI is InChI=1S/C17H25N3O2/c1-12-6-7-15(14(3)9-12)18-17(22)19-16(21)11-20-8-4-5-13(2)10-20/h6-7,9,13H,4-5,8,10-11H2,1-3H3,(H2,18,19,21,22)/t13-/m1/s1.